The summed E-state index contributed by atoms with van der Waals surface area (Å²) in [6.45, 7) is 2.60. The SMILES string of the molecule is CCCn1c(=O)n(Cc2ccc(Cl)cc2)c(=O)c2c1nc(OC)n2C. The van der Waals surface area contributed by atoms with Crippen LogP contribution in [0.3, 0.4) is 0 Å². The van der Waals surface area contributed by atoms with E-state index in [-0.39, 0.29) is 17.8 Å². The molecule has 7 nitrogen and oxygen atoms in total. The number of halogens is 1. The number of ether oxygens (including phenoxy) is 1. The van der Waals surface area contributed by atoms with Crippen LogP contribution >= 0.6 is 11.6 Å². The zero-order valence-electron chi connectivity index (χ0n) is 14.3. The van der Waals surface area contributed by atoms with Gasteiger partial charge in [0.05, 0.1) is 13.7 Å². The zero-order chi connectivity index (χ0) is 18.1. The quantitative estimate of drug-likeness (QED) is 0.696. The third kappa shape index (κ3) is 2.95. The first-order valence-electron chi connectivity index (χ1n) is 7.96. The lowest BCUT2D eigenvalue weighted by Crippen LogP contribution is -2.40. The highest BCUT2D eigenvalue weighted by atomic mass is 35.5. The van der Waals surface area contributed by atoms with Crippen LogP contribution in [0.2, 0.25) is 5.02 Å². The predicted octanol–water partition coefficient (Wildman–Crippen LogP) is 2.02. The normalized spacial score (nSPS) is 11.2. The van der Waals surface area contributed by atoms with E-state index >= 15 is 0 Å². The molecule has 0 saturated heterocycles. The van der Waals surface area contributed by atoms with Gasteiger partial charge in [0, 0.05) is 18.6 Å². The Hall–Kier alpha value is -2.54. The van der Waals surface area contributed by atoms with E-state index in [1.165, 1.54) is 16.2 Å². The summed E-state index contributed by atoms with van der Waals surface area (Å²) < 4.78 is 9.52. The van der Waals surface area contributed by atoms with Crippen molar-refractivity contribution in [3.8, 4) is 6.01 Å². The summed E-state index contributed by atoms with van der Waals surface area (Å²) in [5.74, 6) is 0. The molecular formula is C17H19ClN4O3. The maximum Gasteiger partial charge on any atom is 0.333 e. The van der Waals surface area contributed by atoms with Crippen LogP contribution in [-0.4, -0.2) is 25.8 Å². The van der Waals surface area contributed by atoms with Gasteiger partial charge in [0.15, 0.2) is 11.2 Å². The Morgan fingerprint density at radius 1 is 1.16 bits per heavy atom. The van der Waals surface area contributed by atoms with Crippen LogP contribution in [0, 0.1) is 0 Å². The fourth-order valence-corrected chi connectivity index (χ4v) is 2.99. The molecule has 0 unspecified atom stereocenters. The Kier molecular flexibility index (Phi) is 4.67. The molecule has 0 aliphatic carbocycles. The van der Waals surface area contributed by atoms with Gasteiger partial charge in [-0.15, -0.1) is 0 Å². The van der Waals surface area contributed by atoms with Crippen molar-refractivity contribution in [2.75, 3.05) is 7.11 Å². The Labute approximate surface area is 149 Å². The van der Waals surface area contributed by atoms with Gasteiger partial charge in [-0.1, -0.05) is 30.7 Å². The molecule has 2 aromatic heterocycles. The molecule has 3 rings (SSSR count). The summed E-state index contributed by atoms with van der Waals surface area (Å²) >= 11 is 5.90. The summed E-state index contributed by atoms with van der Waals surface area (Å²) in [5.41, 5.74) is 0.748. The summed E-state index contributed by atoms with van der Waals surface area (Å²) in [5, 5.41) is 0.603. The van der Waals surface area contributed by atoms with Crippen molar-refractivity contribution in [2.45, 2.75) is 26.4 Å². The second-order valence-corrected chi connectivity index (χ2v) is 6.22. The first-order chi connectivity index (χ1) is 12.0. The number of aromatic nitrogens is 4. The number of rotatable bonds is 5. The molecule has 8 heteroatoms. The Morgan fingerprint density at radius 2 is 1.84 bits per heavy atom. The number of hydrogen-bond acceptors (Lipinski definition) is 4. The maximum atomic E-state index is 12.9. The van der Waals surface area contributed by atoms with Crippen LogP contribution in [0.1, 0.15) is 18.9 Å². The molecule has 0 amide bonds. The second-order valence-electron chi connectivity index (χ2n) is 5.78. The van der Waals surface area contributed by atoms with Crippen LogP contribution in [0.4, 0.5) is 0 Å². The summed E-state index contributed by atoms with van der Waals surface area (Å²) in [7, 11) is 3.18. The number of imidazole rings is 1. The molecule has 3 aromatic rings. The molecule has 0 aliphatic rings. The van der Waals surface area contributed by atoms with E-state index in [4.69, 9.17) is 16.3 Å². The van der Waals surface area contributed by atoms with Gasteiger partial charge in [0.2, 0.25) is 0 Å². The molecule has 0 N–H and O–H groups in total. The first-order valence-corrected chi connectivity index (χ1v) is 8.34. The highest BCUT2D eigenvalue weighted by Gasteiger charge is 2.20. The standard InChI is InChI=1S/C17H19ClN4O3/c1-4-9-21-14-13(20(2)16(19-14)25-3)15(23)22(17(21)24)10-11-5-7-12(18)8-6-11/h5-8H,4,9-10H2,1-3H3. The van der Waals surface area contributed by atoms with Crippen LogP contribution < -0.4 is 16.0 Å². The molecule has 2 heterocycles. The van der Waals surface area contributed by atoms with E-state index in [0.717, 1.165) is 12.0 Å². The zero-order valence-corrected chi connectivity index (χ0v) is 15.1. The Balaban J connectivity index is 2.27. The number of aryl methyl sites for hydroxylation is 2. The molecule has 0 fully saturated rings. The van der Waals surface area contributed by atoms with Crippen molar-refractivity contribution in [3.63, 3.8) is 0 Å². The van der Waals surface area contributed by atoms with E-state index < -0.39 is 0 Å². The number of methoxy groups -OCH3 is 1. The van der Waals surface area contributed by atoms with E-state index in [9.17, 15) is 9.59 Å². The summed E-state index contributed by atoms with van der Waals surface area (Å²) in [4.78, 5) is 30.1. The third-order valence-electron chi connectivity index (χ3n) is 4.08. The molecule has 0 bridgehead atoms. The van der Waals surface area contributed by atoms with E-state index in [1.54, 1.807) is 35.9 Å². The third-order valence-corrected chi connectivity index (χ3v) is 4.34. The van der Waals surface area contributed by atoms with Crippen molar-refractivity contribution in [3.05, 3.63) is 55.7 Å². The fourth-order valence-electron chi connectivity index (χ4n) is 2.86. The van der Waals surface area contributed by atoms with Crippen LogP contribution in [0.5, 0.6) is 6.01 Å². The van der Waals surface area contributed by atoms with Crippen LogP contribution in [-0.2, 0) is 20.1 Å². The molecule has 0 atom stereocenters. The molecular weight excluding hydrogens is 344 g/mol. The van der Waals surface area contributed by atoms with Gasteiger partial charge in [0.1, 0.15) is 0 Å². The highest BCUT2D eigenvalue weighted by Crippen LogP contribution is 2.16. The minimum Gasteiger partial charge on any atom is -0.468 e. The largest absolute Gasteiger partial charge is 0.468 e. The molecule has 25 heavy (non-hydrogen) atoms. The van der Waals surface area contributed by atoms with Gasteiger partial charge in [-0.3, -0.25) is 18.5 Å². The van der Waals surface area contributed by atoms with E-state index in [0.29, 0.717) is 28.7 Å². The predicted molar refractivity (Wildman–Crippen MR) is 96.6 cm³/mol. The van der Waals surface area contributed by atoms with Crippen LogP contribution in [0.25, 0.3) is 11.2 Å². The lowest BCUT2D eigenvalue weighted by Gasteiger charge is -2.11. The lowest BCUT2D eigenvalue weighted by atomic mass is 10.2. The van der Waals surface area contributed by atoms with Crippen molar-refractivity contribution >= 4 is 22.8 Å². The van der Waals surface area contributed by atoms with Gasteiger partial charge in [-0.2, -0.15) is 4.98 Å². The van der Waals surface area contributed by atoms with Gasteiger partial charge in [-0.05, 0) is 24.1 Å². The average molecular weight is 363 g/mol. The smallest absolute Gasteiger partial charge is 0.333 e. The van der Waals surface area contributed by atoms with Crippen molar-refractivity contribution < 1.29 is 4.74 Å². The average Bonchev–Trinajstić information content (AvgIpc) is 2.94. The van der Waals surface area contributed by atoms with Crippen LogP contribution in [0.15, 0.2) is 33.9 Å². The van der Waals surface area contributed by atoms with Gasteiger partial charge in [0.25, 0.3) is 11.6 Å². The highest BCUT2D eigenvalue weighted by molar-refractivity contribution is 6.30. The van der Waals surface area contributed by atoms with Gasteiger partial charge >= 0.3 is 5.69 Å². The molecule has 132 valence electrons. The number of hydrogen-bond donors (Lipinski definition) is 0. The lowest BCUT2D eigenvalue weighted by molar-refractivity contribution is 0.368. The second kappa shape index (κ2) is 6.76. The number of fused-ring (bicyclic) bond motifs is 1. The number of nitrogens with zero attached hydrogens (tertiary/aromatic N) is 4. The van der Waals surface area contributed by atoms with Crippen molar-refractivity contribution in [2.24, 2.45) is 7.05 Å². The topological polar surface area (TPSA) is 71.1 Å². The molecule has 0 spiro atoms. The van der Waals surface area contributed by atoms with Gasteiger partial charge < -0.3 is 4.74 Å². The van der Waals surface area contributed by atoms with Crippen molar-refractivity contribution in [1.82, 2.24) is 18.7 Å². The van der Waals surface area contributed by atoms with Gasteiger partial charge in [-0.25, -0.2) is 4.79 Å². The van der Waals surface area contributed by atoms with E-state index in [1.807, 2.05) is 6.92 Å². The van der Waals surface area contributed by atoms with E-state index in [2.05, 4.69) is 4.98 Å². The molecule has 0 aliphatic heterocycles. The Bertz CT molecular complexity index is 1030. The monoisotopic (exact) mass is 362 g/mol. The summed E-state index contributed by atoms with van der Waals surface area (Å²) in [6.07, 6.45) is 0.743. The maximum absolute atomic E-state index is 12.9. The minimum absolute atomic E-state index is 0.169. The minimum atomic E-state index is -0.388. The van der Waals surface area contributed by atoms with Crippen molar-refractivity contribution in [1.29, 1.82) is 0 Å². The molecule has 0 saturated carbocycles. The first kappa shape index (κ1) is 17.3. The molecule has 1 aromatic carbocycles. The summed E-state index contributed by atoms with van der Waals surface area (Å²) in [6, 6.07) is 7.36. The fraction of sp³-hybridized carbons (Fsp3) is 0.353. The molecule has 0 radical (unpaired) electrons. The Morgan fingerprint density at radius 3 is 2.44 bits per heavy atom. The number of benzene rings is 1.